The standard InChI is InChI=1S/C12H12F3N3O2/c13-12(14,15)7-3-9-10(17-4-7)11(19)18-2-1-16-5-8(18)6-20-9/h3-4,8,16H,1-2,5-6H2/t8-/m1/s1. The minimum atomic E-state index is -4.50. The van der Waals surface area contributed by atoms with Crippen molar-refractivity contribution in [2.75, 3.05) is 26.2 Å². The summed E-state index contributed by atoms with van der Waals surface area (Å²) in [5.41, 5.74) is -0.968. The summed E-state index contributed by atoms with van der Waals surface area (Å²) < 4.78 is 43.3. The van der Waals surface area contributed by atoms with Crippen molar-refractivity contribution >= 4 is 5.91 Å². The predicted octanol–water partition coefficient (Wildman–Crippen LogP) is 0.907. The average Bonchev–Trinajstić information content (AvgIpc) is 2.56. The first-order valence-electron chi connectivity index (χ1n) is 6.18. The summed E-state index contributed by atoms with van der Waals surface area (Å²) in [5, 5.41) is 3.12. The monoisotopic (exact) mass is 287 g/mol. The largest absolute Gasteiger partial charge is 0.489 e. The fourth-order valence-electron chi connectivity index (χ4n) is 2.37. The molecule has 2 aliphatic rings. The Kier molecular flexibility index (Phi) is 3.04. The van der Waals surface area contributed by atoms with E-state index in [4.69, 9.17) is 4.74 Å². The van der Waals surface area contributed by atoms with Gasteiger partial charge >= 0.3 is 6.18 Å². The first-order valence-corrected chi connectivity index (χ1v) is 6.18. The highest BCUT2D eigenvalue weighted by molar-refractivity contribution is 5.95. The molecule has 0 spiro atoms. The SMILES string of the molecule is O=C1c2ncc(C(F)(F)F)cc2OC[C@H]2CNCCN12. The fourth-order valence-corrected chi connectivity index (χ4v) is 2.37. The molecule has 0 radical (unpaired) electrons. The molecule has 5 nitrogen and oxygen atoms in total. The van der Waals surface area contributed by atoms with Crippen molar-refractivity contribution in [3.05, 3.63) is 23.5 Å². The van der Waals surface area contributed by atoms with Crippen LogP contribution in [0, 0.1) is 0 Å². The van der Waals surface area contributed by atoms with Crippen molar-refractivity contribution in [1.29, 1.82) is 0 Å². The van der Waals surface area contributed by atoms with Crippen LogP contribution in [0.2, 0.25) is 0 Å². The van der Waals surface area contributed by atoms with E-state index in [0.29, 0.717) is 25.8 Å². The van der Waals surface area contributed by atoms with Crippen LogP contribution >= 0.6 is 0 Å². The van der Waals surface area contributed by atoms with Gasteiger partial charge in [0.05, 0.1) is 11.6 Å². The van der Waals surface area contributed by atoms with Gasteiger partial charge in [0, 0.05) is 25.8 Å². The highest BCUT2D eigenvalue weighted by atomic mass is 19.4. The molecule has 1 amide bonds. The van der Waals surface area contributed by atoms with Crippen LogP contribution in [0.3, 0.4) is 0 Å². The van der Waals surface area contributed by atoms with Crippen LogP contribution in [0.5, 0.6) is 5.75 Å². The van der Waals surface area contributed by atoms with Crippen LogP contribution < -0.4 is 10.1 Å². The molecule has 1 aromatic heterocycles. The molecular weight excluding hydrogens is 275 g/mol. The number of carbonyl (C=O) groups excluding carboxylic acids is 1. The second-order valence-electron chi connectivity index (χ2n) is 4.74. The van der Waals surface area contributed by atoms with Crippen molar-refractivity contribution in [2.24, 2.45) is 0 Å². The van der Waals surface area contributed by atoms with E-state index in [1.807, 2.05) is 0 Å². The number of carbonyl (C=O) groups is 1. The number of amides is 1. The molecule has 2 aliphatic heterocycles. The second-order valence-corrected chi connectivity index (χ2v) is 4.74. The van der Waals surface area contributed by atoms with E-state index in [0.717, 1.165) is 6.07 Å². The molecule has 20 heavy (non-hydrogen) atoms. The first-order chi connectivity index (χ1) is 9.47. The quantitative estimate of drug-likeness (QED) is 0.770. The van der Waals surface area contributed by atoms with E-state index in [2.05, 4.69) is 10.3 Å². The maximum atomic E-state index is 12.7. The Hall–Kier alpha value is -1.83. The maximum Gasteiger partial charge on any atom is 0.418 e. The highest BCUT2D eigenvalue weighted by Crippen LogP contribution is 2.33. The Bertz CT molecular complexity index is 547. The lowest BCUT2D eigenvalue weighted by molar-refractivity contribution is -0.138. The number of rotatable bonds is 0. The zero-order chi connectivity index (χ0) is 14.3. The molecule has 3 rings (SSSR count). The first kappa shape index (κ1) is 13.2. The van der Waals surface area contributed by atoms with Gasteiger partial charge in [0.1, 0.15) is 6.61 Å². The van der Waals surface area contributed by atoms with E-state index >= 15 is 0 Å². The molecular formula is C12H12F3N3O2. The van der Waals surface area contributed by atoms with Crippen molar-refractivity contribution in [3.8, 4) is 5.75 Å². The maximum absolute atomic E-state index is 12.7. The van der Waals surface area contributed by atoms with Crippen LogP contribution in [0.15, 0.2) is 12.3 Å². The van der Waals surface area contributed by atoms with Crippen LogP contribution in [0.1, 0.15) is 16.1 Å². The minimum Gasteiger partial charge on any atom is -0.489 e. The summed E-state index contributed by atoms with van der Waals surface area (Å²) in [4.78, 5) is 17.6. The lowest BCUT2D eigenvalue weighted by Crippen LogP contribution is -2.54. The van der Waals surface area contributed by atoms with E-state index in [1.54, 1.807) is 4.90 Å². The Morgan fingerprint density at radius 3 is 3.00 bits per heavy atom. The Labute approximate surface area is 112 Å². The number of ether oxygens (including phenoxy) is 1. The summed E-state index contributed by atoms with van der Waals surface area (Å²) in [5.74, 6) is -0.475. The Balaban J connectivity index is 1.99. The van der Waals surface area contributed by atoms with Gasteiger partial charge in [-0.15, -0.1) is 0 Å². The van der Waals surface area contributed by atoms with Gasteiger partial charge in [0.25, 0.3) is 5.91 Å². The molecule has 0 aromatic carbocycles. The zero-order valence-electron chi connectivity index (χ0n) is 10.4. The van der Waals surface area contributed by atoms with Crippen LogP contribution in [-0.4, -0.2) is 48.1 Å². The third-order valence-corrected chi connectivity index (χ3v) is 3.42. The third-order valence-electron chi connectivity index (χ3n) is 3.42. The van der Waals surface area contributed by atoms with Crippen molar-refractivity contribution in [3.63, 3.8) is 0 Å². The number of piperazine rings is 1. The molecule has 1 atom stereocenters. The van der Waals surface area contributed by atoms with Gasteiger partial charge in [0.2, 0.25) is 0 Å². The molecule has 0 saturated carbocycles. The number of nitrogens with one attached hydrogen (secondary N) is 1. The van der Waals surface area contributed by atoms with Gasteiger partial charge in [0.15, 0.2) is 11.4 Å². The number of hydrogen-bond acceptors (Lipinski definition) is 4. The molecule has 0 bridgehead atoms. The summed E-state index contributed by atoms with van der Waals surface area (Å²) in [6, 6.07) is 0.659. The summed E-state index contributed by atoms with van der Waals surface area (Å²) in [6.45, 7) is 1.87. The Morgan fingerprint density at radius 1 is 1.45 bits per heavy atom. The molecule has 1 saturated heterocycles. The van der Waals surface area contributed by atoms with E-state index in [-0.39, 0.29) is 30.0 Å². The topological polar surface area (TPSA) is 54.5 Å². The van der Waals surface area contributed by atoms with Crippen LogP contribution in [0.25, 0.3) is 0 Å². The lowest BCUT2D eigenvalue weighted by atomic mass is 10.2. The minimum absolute atomic E-state index is 0.0533. The number of pyridine rings is 1. The molecule has 8 heteroatoms. The number of nitrogens with zero attached hydrogens (tertiary/aromatic N) is 2. The van der Waals surface area contributed by atoms with Gasteiger partial charge in [-0.2, -0.15) is 13.2 Å². The number of hydrogen-bond donors (Lipinski definition) is 1. The average molecular weight is 287 g/mol. The highest BCUT2D eigenvalue weighted by Gasteiger charge is 2.37. The van der Waals surface area contributed by atoms with E-state index in [9.17, 15) is 18.0 Å². The van der Waals surface area contributed by atoms with Gasteiger partial charge in [-0.3, -0.25) is 4.79 Å². The van der Waals surface area contributed by atoms with Crippen molar-refractivity contribution in [1.82, 2.24) is 15.2 Å². The van der Waals surface area contributed by atoms with Crippen LogP contribution in [0.4, 0.5) is 13.2 Å². The lowest BCUT2D eigenvalue weighted by Gasteiger charge is -2.33. The third kappa shape index (κ3) is 2.20. The molecule has 108 valence electrons. The van der Waals surface area contributed by atoms with Crippen molar-refractivity contribution < 1.29 is 22.7 Å². The molecule has 1 fully saturated rings. The van der Waals surface area contributed by atoms with Gasteiger partial charge in [-0.25, -0.2) is 4.98 Å². The van der Waals surface area contributed by atoms with Gasteiger partial charge in [-0.1, -0.05) is 0 Å². The normalized spacial score (nSPS) is 22.6. The van der Waals surface area contributed by atoms with E-state index in [1.165, 1.54) is 0 Å². The molecule has 0 aliphatic carbocycles. The van der Waals surface area contributed by atoms with Crippen molar-refractivity contribution in [2.45, 2.75) is 12.2 Å². The van der Waals surface area contributed by atoms with Gasteiger partial charge in [-0.05, 0) is 6.07 Å². The molecule has 1 aromatic rings. The Morgan fingerprint density at radius 2 is 2.25 bits per heavy atom. The summed E-state index contributed by atoms with van der Waals surface area (Å²) >= 11 is 0. The number of aromatic nitrogens is 1. The smallest absolute Gasteiger partial charge is 0.418 e. The summed E-state index contributed by atoms with van der Waals surface area (Å²) in [7, 11) is 0. The molecule has 0 unspecified atom stereocenters. The summed E-state index contributed by atoms with van der Waals surface area (Å²) in [6.07, 6.45) is -3.84. The second kappa shape index (κ2) is 4.62. The number of halogens is 3. The molecule has 3 heterocycles. The number of fused-ring (bicyclic) bond motifs is 2. The van der Waals surface area contributed by atoms with Gasteiger partial charge < -0.3 is 15.0 Å². The van der Waals surface area contributed by atoms with E-state index < -0.39 is 11.7 Å². The molecule has 1 N–H and O–H groups in total. The zero-order valence-corrected chi connectivity index (χ0v) is 10.4. The fraction of sp³-hybridized carbons (Fsp3) is 0.500. The predicted molar refractivity (Wildman–Crippen MR) is 62.4 cm³/mol. The number of alkyl halides is 3. The van der Waals surface area contributed by atoms with Crippen LogP contribution in [-0.2, 0) is 6.18 Å².